The fraction of sp³-hybridized carbons (Fsp3) is 0.367. The molecule has 43 heavy (non-hydrogen) atoms. The second-order valence-corrected chi connectivity index (χ2v) is 11.3. The average molecular weight is 608 g/mol. The Morgan fingerprint density at radius 3 is 2.58 bits per heavy atom. The van der Waals surface area contributed by atoms with Crippen molar-refractivity contribution >= 4 is 34.8 Å². The van der Waals surface area contributed by atoms with E-state index in [1.807, 2.05) is 11.9 Å². The number of likely N-dealkylation sites (N-methyl/N-ethyl adjacent to an activating group) is 1. The lowest BCUT2D eigenvalue weighted by Crippen LogP contribution is -2.44. The van der Waals surface area contributed by atoms with Gasteiger partial charge in [-0.15, -0.1) is 0 Å². The Bertz CT molecular complexity index is 1750. The third kappa shape index (κ3) is 6.10. The summed E-state index contributed by atoms with van der Waals surface area (Å²) >= 11 is 1.15. The molecule has 226 valence electrons. The van der Waals surface area contributed by atoms with Crippen LogP contribution in [0.25, 0.3) is 6.08 Å². The largest absolute Gasteiger partial charge is 0.496 e. The Kier molecular flexibility index (Phi) is 9.04. The molecule has 0 amide bonds. The number of rotatable bonds is 9. The molecule has 2 aromatic carbocycles. The lowest BCUT2D eigenvalue weighted by molar-refractivity contribution is -0.384. The van der Waals surface area contributed by atoms with Crippen molar-refractivity contribution in [1.29, 1.82) is 0 Å². The number of carbonyl (C=O) groups is 1. The van der Waals surface area contributed by atoms with Crippen LogP contribution in [0.15, 0.2) is 63.5 Å². The van der Waals surface area contributed by atoms with Crippen molar-refractivity contribution in [1.82, 2.24) is 9.47 Å². The molecule has 0 aliphatic carbocycles. The van der Waals surface area contributed by atoms with Gasteiger partial charge in [-0.25, -0.2) is 9.79 Å². The van der Waals surface area contributed by atoms with Crippen LogP contribution in [0, 0.1) is 10.1 Å². The first-order valence-electron chi connectivity index (χ1n) is 13.8. The Hall–Kier alpha value is -4.33. The molecule has 0 saturated carbocycles. The number of allylic oxidation sites excluding steroid dienone is 1. The molecule has 0 spiro atoms. The molecular formula is C30H33N5O7S. The molecule has 1 saturated heterocycles. The zero-order valence-electron chi connectivity index (χ0n) is 24.4. The van der Waals surface area contributed by atoms with Gasteiger partial charge >= 0.3 is 5.97 Å². The summed E-state index contributed by atoms with van der Waals surface area (Å²) in [6, 6.07) is 11.3. The van der Waals surface area contributed by atoms with Crippen LogP contribution in [0.1, 0.15) is 24.1 Å². The minimum atomic E-state index is -0.862. The van der Waals surface area contributed by atoms with Crippen molar-refractivity contribution in [3.05, 3.63) is 94.7 Å². The van der Waals surface area contributed by atoms with Crippen LogP contribution >= 0.6 is 11.3 Å². The van der Waals surface area contributed by atoms with E-state index in [2.05, 4.69) is 9.89 Å². The predicted octanol–water partition coefficient (Wildman–Crippen LogP) is 2.09. The molecule has 1 aromatic heterocycles. The lowest BCUT2D eigenvalue weighted by atomic mass is 9.95. The highest BCUT2D eigenvalue weighted by Crippen LogP contribution is 2.36. The highest BCUT2D eigenvalue weighted by atomic mass is 32.1. The molecule has 2 aliphatic rings. The van der Waals surface area contributed by atoms with Gasteiger partial charge in [-0.2, -0.15) is 0 Å². The van der Waals surface area contributed by atoms with Crippen LogP contribution in [-0.4, -0.2) is 81.0 Å². The monoisotopic (exact) mass is 607 g/mol. The van der Waals surface area contributed by atoms with Crippen molar-refractivity contribution in [3.8, 4) is 5.75 Å². The fourth-order valence-electron chi connectivity index (χ4n) is 5.31. The Morgan fingerprint density at radius 1 is 1.14 bits per heavy atom. The maximum absolute atomic E-state index is 14.0. The standard InChI is InChI=1S/C30H33N5O7S/c1-19-26(29(37)42-16-15-40-3)27(21-7-5-6-8-24(21)41-4)34-28(36)25(43-30(34)31-19)18-20-9-10-22(23(17-20)35(38)39)33-13-11-32(2)12-14-33/h5-10,17-18,27H,11-16H2,1-4H3. The molecule has 1 unspecified atom stereocenters. The smallest absolute Gasteiger partial charge is 0.338 e. The average Bonchev–Trinajstić information content (AvgIpc) is 3.30. The van der Waals surface area contributed by atoms with Crippen molar-refractivity contribution in [2.24, 2.45) is 4.99 Å². The van der Waals surface area contributed by atoms with Gasteiger partial charge in [0.25, 0.3) is 11.2 Å². The molecule has 3 heterocycles. The zero-order chi connectivity index (χ0) is 30.7. The van der Waals surface area contributed by atoms with Gasteiger partial charge < -0.3 is 24.0 Å². The molecule has 1 fully saturated rings. The second-order valence-electron chi connectivity index (χ2n) is 10.2. The number of esters is 1. The van der Waals surface area contributed by atoms with E-state index in [4.69, 9.17) is 14.2 Å². The number of carbonyl (C=O) groups excluding carboxylic acids is 1. The van der Waals surface area contributed by atoms with Crippen LogP contribution in [-0.2, 0) is 14.3 Å². The van der Waals surface area contributed by atoms with Crippen LogP contribution in [0.3, 0.4) is 0 Å². The highest BCUT2D eigenvalue weighted by molar-refractivity contribution is 7.07. The number of aromatic nitrogens is 1. The van der Waals surface area contributed by atoms with E-state index in [1.54, 1.807) is 49.4 Å². The number of hydrogen-bond acceptors (Lipinski definition) is 11. The minimum Gasteiger partial charge on any atom is -0.496 e. The quantitative estimate of drug-likeness (QED) is 0.155. The van der Waals surface area contributed by atoms with Gasteiger partial charge in [0.2, 0.25) is 0 Å². The molecular weight excluding hydrogens is 574 g/mol. The van der Waals surface area contributed by atoms with E-state index < -0.39 is 12.0 Å². The Morgan fingerprint density at radius 2 is 1.88 bits per heavy atom. The van der Waals surface area contributed by atoms with Crippen LogP contribution < -0.4 is 24.5 Å². The van der Waals surface area contributed by atoms with Gasteiger partial charge in [0.15, 0.2) is 4.80 Å². The Balaban J connectivity index is 1.61. The molecule has 0 bridgehead atoms. The summed E-state index contributed by atoms with van der Waals surface area (Å²) in [7, 11) is 5.06. The van der Waals surface area contributed by atoms with Gasteiger partial charge in [0.05, 0.1) is 34.4 Å². The molecule has 0 N–H and O–H groups in total. The summed E-state index contributed by atoms with van der Waals surface area (Å²) in [5, 5.41) is 12.1. The van der Waals surface area contributed by atoms with Gasteiger partial charge in [0, 0.05) is 44.9 Å². The number of anilines is 1. The predicted molar refractivity (Wildman–Crippen MR) is 162 cm³/mol. The van der Waals surface area contributed by atoms with E-state index in [0.717, 1.165) is 24.4 Å². The SMILES string of the molecule is COCCOC(=O)C1=C(C)N=c2sc(=Cc3ccc(N4CCN(C)CC4)c([N+](=O)[O-])c3)c(=O)n2C1c1ccccc1OC. The van der Waals surface area contributed by atoms with Crippen molar-refractivity contribution in [3.63, 3.8) is 0 Å². The van der Waals surface area contributed by atoms with Gasteiger partial charge in [-0.1, -0.05) is 35.6 Å². The van der Waals surface area contributed by atoms with Crippen molar-refractivity contribution in [2.45, 2.75) is 13.0 Å². The topological polar surface area (TPSA) is 129 Å². The number of thiazole rings is 1. The minimum absolute atomic E-state index is 0.0186. The summed E-state index contributed by atoms with van der Waals surface area (Å²) in [6.45, 7) is 4.97. The maximum Gasteiger partial charge on any atom is 0.338 e. The van der Waals surface area contributed by atoms with E-state index >= 15 is 0 Å². The number of benzene rings is 2. The molecule has 13 heteroatoms. The number of piperazine rings is 1. The summed E-state index contributed by atoms with van der Waals surface area (Å²) in [4.78, 5) is 48.2. The first-order chi connectivity index (χ1) is 20.7. The maximum atomic E-state index is 14.0. The van der Waals surface area contributed by atoms with E-state index in [0.29, 0.717) is 50.7 Å². The molecule has 1 atom stereocenters. The van der Waals surface area contributed by atoms with Crippen molar-refractivity contribution < 1.29 is 23.9 Å². The lowest BCUT2D eigenvalue weighted by Gasteiger charge is -2.33. The molecule has 3 aromatic rings. The summed E-state index contributed by atoms with van der Waals surface area (Å²) in [6.07, 6.45) is 1.62. The van der Waals surface area contributed by atoms with Crippen molar-refractivity contribution in [2.75, 3.05) is 65.6 Å². The number of ether oxygens (including phenoxy) is 3. The summed E-state index contributed by atoms with van der Waals surface area (Å²) < 4.78 is 17.9. The molecule has 12 nitrogen and oxygen atoms in total. The molecule has 2 aliphatic heterocycles. The first-order valence-corrected chi connectivity index (χ1v) is 14.6. The molecule has 0 radical (unpaired) electrons. The fourth-order valence-corrected chi connectivity index (χ4v) is 6.35. The highest BCUT2D eigenvalue weighted by Gasteiger charge is 2.35. The second kappa shape index (κ2) is 12.9. The van der Waals surface area contributed by atoms with E-state index in [-0.39, 0.29) is 35.0 Å². The Labute approximate surface area is 251 Å². The van der Waals surface area contributed by atoms with Crippen LogP contribution in [0.4, 0.5) is 11.4 Å². The van der Waals surface area contributed by atoms with E-state index in [9.17, 15) is 19.7 Å². The van der Waals surface area contributed by atoms with Gasteiger partial charge in [-0.05, 0) is 37.7 Å². The number of para-hydroxylation sites is 1. The third-order valence-corrected chi connectivity index (χ3v) is 8.52. The number of hydrogen-bond donors (Lipinski definition) is 0. The van der Waals surface area contributed by atoms with Gasteiger partial charge in [0.1, 0.15) is 24.1 Å². The number of nitro groups is 1. The van der Waals surface area contributed by atoms with Gasteiger partial charge in [-0.3, -0.25) is 19.5 Å². The molecule has 5 rings (SSSR count). The van der Waals surface area contributed by atoms with Crippen LogP contribution in [0.2, 0.25) is 0 Å². The summed E-state index contributed by atoms with van der Waals surface area (Å²) in [5.41, 5.74) is 1.89. The third-order valence-electron chi connectivity index (χ3n) is 7.53. The number of fused-ring (bicyclic) bond motifs is 1. The van der Waals surface area contributed by atoms with E-state index in [1.165, 1.54) is 24.9 Å². The zero-order valence-corrected chi connectivity index (χ0v) is 25.3. The van der Waals surface area contributed by atoms with Crippen LogP contribution in [0.5, 0.6) is 5.75 Å². The first kappa shape index (κ1) is 30.1. The number of nitrogens with zero attached hydrogens (tertiary/aromatic N) is 5. The number of nitro benzene ring substituents is 1. The summed E-state index contributed by atoms with van der Waals surface area (Å²) in [5.74, 6) is -0.118. The number of methoxy groups -OCH3 is 2. The normalized spacial score (nSPS) is 17.4.